The zero-order chi connectivity index (χ0) is 12.0. The molecule has 0 unspecified atom stereocenters. The van der Waals surface area contributed by atoms with Crippen molar-refractivity contribution in [1.29, 1.82) is 0 Å². The molecule has 0 saturated carbocycles. The molecule has 1 heterocycles. The first-order chi connectivity index (χ1) is 7.63. The van der Waals surface area contributed by atoms with Crippen LogP contribution in [0, 0.1) is 0 Å². The lowest BCUT2D eigenvalue weighted by Gasteiger charge is -2.11. The van der Waals surface area contributed by atoms with E-state index in [0.29, 0.717) is 24.6 Å². The molecular weight excluding hydrogens is 206 g/mol. The maximum Gasteiger partial charge on any atom is 0.223 e. The fourth-order valence-electron chi connectivity index (χ4n) is 1.13. The van der Waals surface area contributed by atoms with Crippen molar-refractivity contribution in [3.05, 3.63) is 18.2 Å². The highest BCUT2D eigenvalue weighted by molar-refractivity contribution is 5.76. The van der Waals surface area contributed by atoms with Crippen molar-refractivity contribution in [2.75, 3.05) is 31.4 Å². The summed E-state index contributed by atoms with van der Waals surface area (Å²) in [5, 5.41) is 3.05. The molecule has 88 valence electrons. The van der Waals surface area contributed by atoms with Crippen LogP contribution in [0.1, 0.15) is 6.42 Å². The largest absolute Gasteiger partial charge is 0.369 e. The Labute approximate surface area is 94.8 Å². The van der Waals surface area contributed by atoms with Gasteiger partial charge in [0.1, 0.15) is 11.6 Å². The Morgan fingerprint density at radius 2 is 2.12 bits per heavy atom. The quantitative estimate of drug-likeness (QED) is 0.492. The zero-order valence-corrected chi connectivity index (χ0v) is 9.53. The summed E-state index contributed by atoms with van der Waals surface area (Å²) in [5.41, 5.74) is 2.46. The highest BCUT2D eigenvalue weighted by Gasteiger charge is 2.03. The van der Waals surface area contributed by atoms with Gasteiger partial charge >= 0.3 is 0 Å². The number of nitrogens with zero attached hydrogens (tertiary/aromatic N) is 2. The van der Waals surface area contributed by atoms with Crippen LogP contribution in [0.15, 0.2) is 18.2 Å². The molecule has 0 radical (unpaired) electrons. The monoisotopic (exact) mass is 223 g/mol. The Morgan fingerprint density at radius 3 is 2.75 bits per heavy atom. The number of hydrogen-bond donors (Lipinski definition) is 3. The topological polar surface area (TPSA) is 83.3 Å². The van der Waals surface area contributed by atoms with Crippen molar-refractivity contribution in [3.63, 3.8) is 0 Å². The Kier molecular flexibility index (Phi) is 4.53. The minimum Gasteiger partial charge on any atom is -0.369 e. The van der Waals surface area contributed by atoms with E-state index in [1.165, 1.54) is 0 Å². The smallest absolute Gasteiger partial charge is 0.223 e. The molecule has 4 N–H and O–H groups in total. The number of pyridine rings is 1. The van der Waals surface area contributed by atoms with Crippen molar-refractivity contribution in [1.82, 2.24) is 9.88 Å². The lowest BCUT2D eigenvalue weighted by atomic mass is 10.3. The van der Waals surface area contributed by atoms with E-state index in [2.05, 4.69) is 15.7 Å². The molecule has 1 aromatic heterocycles. The first kappa shape index (κ1) is 12.3. The summed E-state index contributed by atoms with van der Waals surface area (Å²) >= 11 is 0. The first-order valence-electron chi connectivity index (χ1n) is 5.01. The van der Waals surface area contributed by atoms with Crippen molar-refractivity contribution in [2.24, 2.45) is 5.84 Å². The molecule has 0 bridgehead atoms. The highest BCUT2D eigenvalue weighted by atomic mass is 16.2. The van der Waals surface area contributed by atoms with E-state index >= 15 is 0 Å². The van der Waals surface area contributed by atoms with Crippen molar-refractivity contribution < 1.29 is 4.79 Å². The van der Waals surface area contributed by atoms with Crippen LogP contribution < -0.4 is 16.6 Å². The molecule has 1 rings (SSSR count). The molecule has 0 atom stereocenters. The Hall–Kier alpha value is -1.82. The number of anilines is 2. The normalized spacial score (nSPS) is 9.69. The summed E-state index contributed by atoms with van der Waals surface area (Å²) in [7, 11) is 3.47. The van der Waals surface area contributed by atoms with E-state index in [-0.39, 0.29) is 5.91 Å². The number of carbonyl (C=O) groups is 1. The summed E-state index contributed by atoms with van der Waals surface area (Å²) in [6, 6.07) is 5.41. The molecule has 1 amide bonds. The standard InChI is InChI=1S/C10H17N5O/c1-15(2)10(16)6-7-12-8-4-3-5-9(13-8)14-11/h3-5H,6-7,11H2,1-2H3,(H2,12,13,14). The van der Waals surface area contributed by atoms with Crippen LogP contribution in [0.5, 0.6) is 0 Å². The van der Waals surface area contributed by atoms with E-state index in [1.54, 1.807) is 25.1 Å². The second-order valence-electron chi connectivity index (χ2n) is 3.52. The third-order valence-corrected chi connectivity index (χ3v) is 2.04. The van der Waals surface area contributed by atoms with Crippen LogP contribution in [-0.4, -0.2) is 36.4 Å². The summed E-state index contributed by atoms with van der Waals surface area (Å²) < 4.78 is 0. The molecule has 0 spiro atoms. The molecule has 1 aromatic rings. The number of hydrogen-bond acceptors (Lipinski definition) is 5. The number of hydrazine groups is 1. The fraction of sp³-hybridized carbons (Fsp3) is 0.400. The van der Waals surface area contributed by atoms with E-state index in [1.807, 2.05) is 12.1 Å². The van der Waals surface area contributed by atoms with Crippen LogP contribution >= 0.6 is 0 Å². The minimum absolute atomic E-state index is 0.0839. The second kappa shape index (κ2) is 5.92. The molecule has 0 fully saturated rings. The van der Waals surface area contributed by atoms with Gasteiger partial charge in [0.05, 0.1) is 0 Å². The predicted octanol–water partition coefficient (Wildman–Crippen LogP) is 0.257. The maximum absolute atomic E-state index is 11.3. The van der Waals surface area contributed by atoms with Gasteiger partial charge in [-0.25, -0.2) is 10.8 Å². The van der Waals surface area contributed by atoms with Gasteiger partial charge in [0.2, 0.25) is 5.91 Å². The lowest BCUT2D eigenvalue weighted by molar-refractivity contribution is -0.128. The molecule has 6 heteroatoms. The minimum atomic E-state index is 0.0839. The Bertz CT molecular complexity index is 353. The van der Waals surface area contributed by atoms with Gasteiger partial charge in [-0.1, -0.05) is 6.07 Å². The first-order valence-corrected chi connectivity index (χ1v) is 5.01. The third kappa shape index (κ3) is 3.74. The number of nitrogen functional groups attached to an aromatic ring is 1. The lowest BCUT2D eigenvalue weighted by Crippen LogP contribution is -2.24. The summed E-state index contributed by atoms with van der Waals surface area (Å²) in [5.74, 6) is 6.60. The predicted molar refractivity (Wildman–Crippen MR) is 63.8 cm³/mol. The molecule has 16 heavy (non-hydrogen) atoms. The maximum atomic E-state index is 11.3. The summed E-state index contributed by atoms with van der Waals surface area (Å²) in [4.78, 5) is 17.0. The van der Waals surface area contributed by atoms with Crippen LogP contribution in [0.2, 0.25) is 0 Å². The number of aromatic nitrogens is 1. The Balaban J connectivity index is 2.40. The molecule has 0 saturated heterocycles. The van der Waals surface area contributed by atoms with Crippen LogP contribution in [-0.2, 0) is 4.79 Å². The number of rotatable bonds is 5. The molecule has 0 aliphatic carbocycles. The van der Waals surface area contributed by atoms with Crippen LogP contribution in [0.25, 0.3) is 0 Å². The van der Waals surface area contributed by atoms with E-state index in [0.717, 1.165) is 0 Å². The number of nitrogens with two attached hydrogens (primary N) is 1. The molecule has 0 aromatic carbocycles. The number of carbonyl (C=O) groups excluding carboxylic acids is 1. The fourth-order valence-corrected chi connectivity index (χ4v) is 1.13. The van der Waals surface area contributed by atoms with Crippen LogP contribution in [0.3, 0.4) is 0 Å². The molecule has 6 nitrogen and oxygen atoms in total. The molecule has 0 aliphatic heterocycles. The van der Waals surface area contributed by atoms with E-state index in [4.69, 9.17) is 5.84 Å². The van der Waals surface area contributed by atoms with Gasteiger partial charge < -0.3 is 15.6 Å². The van der Waals surface area contributed by atoms with Gasteiger partial charge in [-0.05, 0) is 12.1 Å². The molecule has 0 aliphatic rings. The second-order valence-corrected chi connectivity index (χ2v) is 3.52. The molecular formula is C10H17N5O. The van der Waals surface area contributed by atoms with Crippen molar-refractivity contribution >= 4 is 17.5 Å². The van der Waals surface area contributed by atoms with Gasteiger partial charge in [0.25, 0.3) is 0 Å². The highest BCUT2D eigenvalue weighted by Crippen LogP contribution is 2.07. The summed E-state index contributed by atoms with van der Waals surface area (Å²) in [6.45, 7) is 0.554. The van der Waals surface area contributed by atoms with Crippen LogP contribution in [0.4, 0.5) is 11.6 Å². The third-order valence-electron chi connectivity index (χ3n) is 2.04. The van der Waals surface area contributed by atoms with Gasteiger partial charge in [-0.15, -0.1) is 0 Å². The van der Waals surface area contributed by atoms with Gasteiger partial charge in [0, 0.05) is 27.1 Å². The zero-order valence-electron chi connectivity index (χ0n) is 9.53. The summed E-state index contributed by atoms with van der Waals surface area (Å²) in [6.07, 6.45) is 0.439. The van der Waals surface area contributed by atoms with Gasteiger partial charge in [-0.2, -0.15) is 0 Å². The average molecular weight is 223 g/mol. The van der Waals surface area contributed by atoms with Crippen molar-refractivity contribution in [2.45, 2.75) is 6.42 Å². The van der Waals surface area contributed by atoms with Gasteiger partial charge in [-0.3, -0.25) is 4.79 Å². The SMILES string of the molecule is CN(C)C(=O)CCNc1cccc(NN)n1. The Morgan fingerprint density at radius 1 is 1.44 bits per heavy atom. The van der Waals surface area contributed by atoms with Crippen molar-refractivity contribution in [3.8, 4) is 0 Å². The van der Waals surface area contributed by atoms with Gasteiger partial charge in [0.15, 0.2) is 0 Å². The number of amides is 1. The number of nitrogens with one attached hydrogen (secondary N) is 2. The van der Waals surface area contributed by atoms with E-state index in [9.17, 15) is 4.79 Å². The van der Waals surface area contributed by atoms with E-state index < -0.39 is 0 Å². The average Bonchev–Trinajstić information content (AvgIpc) is 2.29.